The Morgan fingerprint density at radius 1 is 1.12 bits per heavy atom. The minimum absolute atomic E-state index is 0.349. The van der Waals surface area contributed by atoms with Crippen LogP contribution in [0.25, 0.3) is 0 Å². The van der Waals surface area contributed by atoms with Crippen molar-refractivity contribution in [2.45, 2.75) is 46.1 Å². The second-order valence-electron chi connectivity index (χ2n) is 8.59. The van der Waals surface area contributed by atoms with Gasteiger partial charge >= 0.3 is 0 Å². The monoisotopic (exact) mass is 326 g/mol. The van der Waals surface area contributed by atoms with Crippen molar-refractivity contribution >= 4 is 5.91 Å². The van der Waals surface area contributed by atoms with Crippen LogP contribution in [0, 0.1) is 24.2 Å². The lowest BCUT2D eigenvalue weighted by Crippen LogP contribution is -2.42. The summed E-state index contributed by atoms with van der Waals surface area (Å²) in [4.78, 5) is 17.3. The lowest BCUT2D eigenvalue weighted by atomic mass is 9.77. The number of hydrogen-bond acceptors (Lipinski definition) is 2. The third-order valence-electron chi connectivity index (χ3n) is 6.62. The van der Waals surface area contributed by atoms with Crippen LogP contribution in [-0.4, -0.2) is 41.9 Å². The Kier molecular flexibility index (Phi) is 4.16. The molecule has 0 N–H and O–H groups in total. The van der Waals surface area contributed by atoms with Crippen LogP contribution in [0.15, 0.2) is 24.3 Å². The van der Waals surface area contributed by atoms with Crippen LogP contribution < -0.4 is 0 Å². The lowest BCUT2D eigenvalue weighted by molar-refractivity contribution is -0.132. The smallest absolute Gasteiger partial charge is 0.225 e. The van der Waals surface area contributed by atoms with E-state index in [1.807, 2.05) is 0 Å². The minimum atomic E-state index is 0.349. The highest BCUT2D eigenvalue weighted by atomic mass is 16.2. The summed E-state index contributed by atoms with van der Waals surface area (Å²) in [7, 11) is 0. The van der Waals surface area contributed by atoms with Crippen molar-refractivity contribution in [3.8, 4) is 0 Å². The van der Waals surface area contributed by atoms with Gasteiger partial charge in [0.1, 0.15) is 0 Å². The average Bonchev–Trinajstić information content (AvgIpc) is 3.17. The maximum absolute atomic E-state index is 12.5. The molecule has 2 saturated heterocycles. The van der Waals surface area contributed by atoms with Gasteiger partial charge in [-0.3, -0.25) is 9.69 Å². The van der Waals surface area contributed by atoms with Gasteiger partial charge < -0.3 is 4.90 Å². The van der Waals surface area contributed by atoms with Crippen LogP contribution in [-0.2, 0) is 11.3 Å². The van der Waals surface area contributed by atoms with Gasteiger partial charge in [0.25, 0.3) is 0 Å². The first-order valence-corrected chi connectivity index (χ1v) is 9.61. The van der Waals surface area contributed by atoms with Crippen molar-refractivity contribution < 1.29 is 4.79 Å². The molecular weight excluding hydrogens is 296 g/mol. The molecule has 4 rings (SSSR count). The second-order valence-corrected chi connectivity index (χ2v) is 8.59. The van der Waals surface area contributed by atoms with E-state index >= 15 is 0 Å². The predicted molar refractivity (Wildman–Crippen MR) is 96.6 cm³/mol. The first-order valence-electron chi connectivity index (χ1n) is 9.61. The summed E-state index contributed by atoms with van der Waals surface area (Å²) in [6.07, 6.45) is 4.84. The van der Waals surface area contributed by atoms with E-state index in [2.05, 4.69) is 47.9 Å². The lowest BCUT2D eigenvalue weighted by Gasteiger charge is -2.39. The van der Waals surface area contributed by atoms with Crippen molar-refractivity contribution in [3.63, 3.8) is 0 Å². The molecule has 0 radical (unpaired) electrons. The molecule has 1 spiro atoms. The Labute approximate surface area is 146 Å². The largest absolute Gasteiger partial charge is 0.342 e. The molecule has 1 aromatic carbocycles. The van der Waals surface area contributed by atoms with Gasteiger partial charge in [0.05, 0.1) is 0 Å². The van der Waals surface area contributed by atoms with Crippen molar-refractivity contribution in [1.82, 2.24) is 9.80 Å². The predicted octanol–water partition coefficient (Wildman–Crippen LogP) is 3.47. The number of nitrogens with zero attached hydrogens (tertiary/aromatic N) is 2. The van der Waals surface area contributed by atoms with E-state index in [0.717, 1.165) is 26.1 Å². The van der Waals surface area contributed by atoms with Gasteiger partial charge in [-0.2, -0.15) is 0 Å². The zero-order valence-corrected chi connectivity index (χ0v) is 15.1. The number of carbonyl (C=O) groups excluding carboxylic acids is 1. The number of likely N-dealkylation sites (tertiary alicyclic amines) is 2. The zero-order valence-electron chi connectivity index (χ0n) is 15.1. The number of piperidine rings is 1. The Bertz CT molecular complexity index is 601. The maximum Gasteiger partial charge on any atom is 0.225 e. The standard InChI is InChI=1S/C21H30N2O/c1-16-3-5-18(6-4-16)14-22-10-7-21(8-11-22)9-12-23(15-21)20(24)19-13-17(19)2/h3-6,17,19H,7-15H2,1-2H3. The number of amides is 1. The quantitative estimate of drug-likeness (QED) is 0.849. The van der Waals surface area contributed by atoms with Gasteiger partial charge in [0.2, 0.25) is 5.91 Å². The molecular formula is C21H30N2O. The van der Waals surface area contributed by atoms with Crippen molar-refractivity contribution in [2.24, 2.45) is 17.3 Å². The van der Waals surface area contributed by atoms with Crippen LogP contribution in [0.3, 0.4) is 0 Å². The summed E-state index contributed by atoms with van der Waals surface area (Å²) in [5.41, 5.74) is 3.16. The van der Waals surface area contributed by atoms with E-state index in [9.17, 15) is 4.79 Å². The molecule has 3 heteroatoms. The van der Waals surface area contributed by atoms with Crippen molar-refractivity contribution in [1.29, 1.82) is 0 Å². The van der Waals surface area contributed by atoms with Gasteiger partial charge in [-0.1, -0.05) is 36.8 Å². The summed E-state index contributed by atoms with van der Waals surface area (Å²) in [5.74, 6) is 1.42. The third-order valence-corrected chi connectivity index (χ3v) is 6.62. The second kappa shape index (κ2) is 6.18. The SMILES string of the molecule is Cc1ccc(CN2CCC3(CC2)CCN(C(=O)C2CC2C)C3)cc1. The fourth-order valence-corrected chi connectivity index (χ4v) is 4.57. The molecule has 1 amide bonds. The van der Waals surface area contributed by atoms with Crippen LogP contribution in [0.1, 0.15) is 43.7 Å². The molecule has 2 atom stereocenters. The fraction of sp³-hybridized carbons (Fsp3) is 0.667. The number of carbonyl (C=O) groups is 1. The van der Waals surface area contributed by atoms with Crippen molar-refractivity contribution in [2.75, 3.05) is 26.2 Å². The van der Waals surface area contributed by atoms with Crippen LogP contribution in [0.4, 0.5) is 0 Å². The Balaban J connectivity index is 1.29. The number of hydrogen-bond donors (Lipinski definition) is 0. The van der Waals surface area contributed by atoms with E-state index in [1.54, 1.807) is 0 Å². The minimum Gasteiger partial charge on any atom is -0.342 e. The van der Waals surface area contributed by atoms with Gasteiger partial charge in [-0.15, -0.1) is 0 Å². The molecule has 130 valence electrons. The summed E-state index contributed by atoms with van der Waals surface area (Å²) in [5, 5.41) is 0. The van der Waals surface area contributed by atoms with Gasteiger partial charge in [0, 0.05) is 25.6 Å². The number of aryl methyl sites for hydroxylation is 1. The van der Waals surface area contributed by atoms with E-state index in [0.29, 0.717) is 23.2 Å². The molecule has 1 aliphatic carbocycles. The van der Waals surface area contributed by atoms with E-state index in [1.165, 1.54) is 43.5 Å². The van der Waals surface area contributed by atoms with Gasteiger partial charge in [0.15, 0.2) is 0 Å². The summed E-state index contributed by atoms with van der Waals surface area (Å²) >= 11 is 0. The highest BCUT2D eigenvalue weighted by Crippen LogP contribution is 2.44. The topological polar surface area (TPSA) is 23.6 Å². The molecule has 2 aliphatic heterocycles. The molecule has 3 fully saturated rings. The van der Waals surface area contributed by atoms with Crippen LogP contribution >= 0.6 is 0 Å². The first kappa shape index (κ1) is 16.1. The van der Waals surface area contributed by atoms with Gasteiger partial charge in [-0.05, 0) is 62.6 Å². The van der Waals surface area contributed by atoms with E-state index in [4.69, 9.17) is 0 Å². The number of rotatable bonds is 3. The molecule has 1 aromatic rings. The average molecular weight is 326 g/mol. The molecule has 24 heavy (non-hydrogen) atoms. The fourth-order valence-electron chi connectivity index (χ4n) is 4.57. The first-order chi connectivity index (χ1) is 11.5. The normalized spacial score (nSPS) is 29.2. The number of benzene rings is 1. The summed E-state index contributed by atoms with van der Waals surface area (Å²) in [6, 6.07) is 8.93. The van der Waals surface area contributed by atoms with E-state index in [-0.39, 0.29) is 0 Å². The maximum atomic E-state index is 12.5. The highest BCUT2D eigenvalue weighted by molar-refractivity contribution is 5.81. The van der Waals surface area contributed by atoms with Crippen LogP contribution in [0.2, 0.25) is 0 Å². The highest BCUT2D eigenvalue weighted by Gasteiger charge is 2.47. The van der Waals surface area contributed by atoms with E-state index < -0.39 is 0 Å². The molecule has 3 nitrogen and oxygen atoms in total. The summed E-state index contributed by atoms with van der Waals surface area (Å²) < 4.78 is 0. The Morgan fingerprint density at radius 2 is 1.75 bits per heavy atom. The molecule has 2 unspecified atom stereocenters. The molecule has 3 aliphatic rings. The zero-order chi connectivity index (χ0) is 16.7. The molecule has 1 saturated carbocycles. The summed E-state index contributed by atoms with van der Waals surface area (Å²) in [6.45, 7) is 9.79. The Hall–Kier alpha value is -1.35. The molecule has 0 aromatic heterocycles. The Morgan fingerprint density at radius 3 is 2.38 bits per heavy atom. The van der Waals surface area contributed by atoms with Crippen LogP contribution in [0.5, 0.6) is 0 Å². The third kappa shape index (κ3) is 3.23. The molecule has 2 heterocycles. The van der Waals surface area contributed by atoms with Crippen molar-refractivity contribution in [3.05, 3.63) is 35.4 Å². The van der Waals surface area contributed by atoms with Gasteiger partial charge in [-0.25, -0.2) is 0 Å². The molecule has 0 bridgehead atoms.